The number of benzene rings is 3. The average Bonchev–Trinajstić information content (AvgIpc) is 2.88. The van der Waals surface area contributed by atoms with Gasteiger partial charge in [-0.05, 0) is 50.1 Å². The number of rotatable bonds is 10. The van der Waals surface area contributed by atoms with Gasteiger partial charge in [-0.25, -0.2) is 4.98 Å². The van der Waals surface area contributed by atoms with E-state index in [0.29, 0.717) is 28.7 Å². The molecule has 1 aromatic heterocycles. The van der Waals surface area contributed by atoms with E-state index in [0.717, 1.165) is 22.0 Å². The summed E-state index contributed by atoms with van der Waals surface area (Å²) in [6.07, 6.45) is 2.69. The van der Waals surface area contributed by atoms with Crippen LogP contribution in [0.2, 0.25) is 0 Å². The van der Waals surface area contributed by atoms with E-state index in [1.165, 1.54) is 17.0 Å². The molecule has 0 bridgehead atoms. The average molecular weight is 579 g/mol. The summed E-state index contributed by atoms with van der Waals surface area (Å²) in [6, 6.07) is 16.0. The first-order valence-electron chi connectivity index (χ1n) is 12.2. The number of hydrogen-bond donors (Lipinski definition) is 0. The standard InChI is InChI=1S/C28H27BrN4O5/c1-4-7-26-31-23-11-10-21(29)15-22(23)28(34)32(26)30-16-20-13-24(33(35)36)27(25(14-20)37-5-2)38-17-19-9-6-8-18(3)12-19/h6,8-16H,4-5,7,17H2,1-3H3. The van der Waals surface area contributed by atoms with Gasteiger partial charge in [-0.1, -0.05) is 52.7 Å². The predicted molar refractivity (Wildman–Crippen MR) is 150 cm³/mol. The Morgan fingerprint density at radius 1 is 1.13 bits per heavy atom. The van der Waals surface area contributed by atoms with E-state index in [1.807, 2.05) is 44.2 Å². The molecule has 0 spiro atoms. The quantitative estimate of drug-likeness (QED) is 0.126. The Morgan fingerprint density at radius 2 is 1.95 bits per heavy atom. The summed E-state index contributed by atoms with van der Waals surface area (Å²) in [7, 11) is 0. The van der Waals surface area contributed by atoms with E-state index in [-0.39, 0.29) is 36.0 Å². The van der Waals surface area contributed by atoms with Crippen molar-refractivity contribution in [1.29, 1.82) is 0 Å². The molecule has 0 fully saturated rings. The smallest absolute Gasteiger partial charge is 0.315 e. The fraction of sp³-hybridized carbons (Fsp3) is 0.250. The molecule has 9 nitrogen and oxygen atoms in total. The zero-order valence-electron chi connectivity index (χ0n) is 21.3. The second kappa shape index (κ2) is 12.0. The maximum Gasteiger partial charge on any atom is 0.315 e. The third-order valence-electron chi connectivity index (χ3n) is 5.69. The molecule has 0 unspecified atom stereocenters. The van der Waals surface area contributed by atoms with Gasteiger partial charge >= 0.3 is 5.69 Å². The lowest BCUT2D eigenvalue weighted by atomic mass is 10.1. The minimum Gasteiger partial charge on any atom is -0.490 e. The van der Waals surface area contributed by atoms with Crippen molar-refractivity contribution in [2.45, 2.75) is 40.2 Å². The summed E-state index contributed by atoms with van der Waals surface area (Å²) >= 11 is 3.39. The lowest BCUT2D eigenvalue weighted by Crippen LogP contribution is -2.22. The first-order valence-corrected chi connectivity index (χ1v) is 13.0. The molecule has 4 rings (SSSR count). The largest absolute Gasteiger partial charge is 0.490 e. The molecule has 0 atom stereocenters. The number of hydrogen-bond acceptors (Lipinski definition) is 7. The summed E-state index contributed by atoms with van der Waals surface area (Å²) in [6.45, 7) is 6.16. The molecule has 1 heterocycles. The Kier molecular flexibility index (Phi) is 8.52. The highest BCUT2D eigenvalue weighted by Gasteiger charge is 2.23. The van der Waals surface area contributed by atoms with E-state index in [4.69, 9.17) is 9.47 Å². The number of nitro benzene ring substituents is 1. The van der Waals surface area contributed by atoms with Crippen molar-refractivity contribution in [3.05, 3.63) is 102 Å². The zero-order chi connectivity index (χ0) is 27.2. The van der Waals surface area contributed by atoms with E-state index >= 15 is 0 Å². The Hall–Kier alpha value is -4.05. The number of nitro groups is 1. The van der Waals surface area contributed by atoms with Crippen LogP contribution in [0.4, 0.5) is 5.69 Å². The molecule has 10 heteroatoms. The van der Waals surface area contributed by atoms with Crippen molar-refractivity contribution in [2.24, 2.45) is 5.10 Å². The first-order chi connectivity index (χ1) is 18.3. The van der Waals surface area contributed by atoms with Gasteiger partial charge < -0.3 is 9.47 Å². The van der Waals surface area contributed by atoms with Crippen LogP contribution in [0, 0.1) is 17.0 Å². The summed E-state index contributed by atoms with van der Waals surface area (Å²) < 4.78 is 13.6. The van der Waals surface area contributed by atoms with Crippen molar-refractivity contribution in [3.63, 3.8) is 0 Å². The Labute approximate surface area is 228 Å². The minimum atomic E-state index is -0.519. The lowest BCUT2D eigenvalue weighted by Gasteiger charge is -2.13. The van der Waals surface area contributed by atoms with Gasteiger partial charge in [0.25, 0.3) is 5.56 Å². The maximum absolute atomic E-state index is 13.3. The summed E-state index contributed by atoms with van der Waals surface area (Å²) in [5.74, 6) is 0.760. The third-order valence-corrected chi connectivity index (χ3v) is 6.18. The van der Waals surface area contributed by atoms with Crippen LogP contribution in [0.25, 0.3) is 10.9 Å². The number of fused-ring (bicyclic) bond motifs is 1. The third kappa shape index (κ3) is 6.08. The highest BCUT2D eigenvalue weighted by molar-refractivity contribution is 9.10. The van der Waals surface area contributed by atoms with Gasteiger partial charge in [0.2, 0.25) is 5.75 Å². The van der Waals surface area contributed by atoms with Gasteiger partial charge in [-0.2, -0.15) is 9.78 Å². The highest BCUT2D eigenvalue weighted by Crippen LogP contribution is 2.39. The second-order valence-electron chi connectivity index (χ2n) is 8.64. The predicted octanol–water partition coefficient (Wildman–Crippen LogP) is 6.19. The lowest BCUT2D eigenvalue weighted by molar-refractivity contribution is -0.386. The summed E-state index contributed by atoms with van der Waals surface area (Å²) in [5, 5.41) is 16.8. The Morgan fingerprint density at radius 3 is 2.66 bits per heavy atom. The van der Waals surface area contributed by atoms with Crippen LogP contribution in [-0.4, -0.2) is 27.4 Å². The Balaban J connectivity index is 1.76. The number of nitrogens with zero attached hydrogens (tertiary/aromatic N) is 4. The molecule has 0 amide bonds. The van der Waals surface area contributed by atoms with Crippen LogP contribution in [0.5, 0.6) is 11.5 Å². The van der Waals surface area contributed by atoms with Crippen molar-refractivity contribution in [3.8, 4) is 11.5 Å². The number of aryl methyl sites for hydroxylation is 2. The van der Waals surface area contributed by atoms with Gasteiger partial charge in [-0.15, -0.1) is 0 Å². The molecule has 0 saturated heterocycles. The van der Waals surface area contributed by atoms with Crippen LogP contribution >= 0.6 is 15.9 Å². The van der Waals surface area contributed by atoms with Gasteiger partial charge in [0.15, 0.2) is 5.75 Å². The molecule has 0 radical (unpaired) electrons. The van der Waals surface area contributed by atoms with Crippen molar-refractivity contribution in [1.82, 2.24) is 9.66 Å². The molecule has 0 aliphatic rings. The van der Waals surface area contributed by atoms with Crippen LogP contribution in [0.1, 0.15) is 42.8 Å². The molecule has 0 aliphatic carbocycles. The summed E-state index contributed by atoms with van der Waals surface area (Å²) in [4.78, 5) is 29.4. The molecule has 196 valence electrons. The van der Waals surface area contributed by atoms with Gasteiger partial charge in [0.1, 0.15) is 12.4 Å². The van der Waals surface area contributed by atoms with Crippen LogP contribution < -0.4 is 15.0 Å². The van der Waals surface area contributed by atoms with Crippen LogP contribution in [0.15, 0.2) is 69.0 Å². The fourth-order valence-corrected chi connectivity index (χ4v) is 4.37. The molecular formula is C28H27BrN4O5. The number of aromatic nitrogens is 2. The second-order valence-corrected chi connectivity index (χ2v) is 9.55. The monoisotopic (exact) mass is 578 g/mol. The molecular weight excluding hydrogens is 552 g/mol. The van der Waals surface area contributed by atoms with Crippen molar-refractivity contribution < 1.29 is 14.4 Å². The van der Waals surface area contributed by atoms with Crippen molar-refractivity contribution >= 4 is 38.7 Å². The topological polar surface area (TPSA) is 109 Å². The number of halogens is 1. The molecule has 0 aliphatic heterocycles. The molecule has 0 saturated carbocycles. The molecule has 38 heavy (non-hydrogen) atoms. The normalized spacial score (nSPS) is 11.3. The highest BCUT2D eigenvalue weighted by atomic mass is 79.9. The molecule has 0 N–H and O–H groups in total. The van der Waals surface area contributed by atoms with E-state index in [1.54, 1.807) is 25.1 Å². The van der Waals surface area contributed by atoms with Gasteiger partial charge in [0.05, 0.1) is 28.6 Å². The number of ether oxygens (including phenoxy) is 2. The van der Waals surface area contributed by atoms with E-state index < -0.39 is 4.92 Å². The van der Waals surface area contributed by atoms with E-state index in [2.05, 4.69) is 26.0 Å². The zero-order valence-corrected chi connectivity index (χ0v) is 22.9. The van der Waals surface area contributed by atoms with E-state index in [9.17, 15) is 14.9 Å². The van der Waals surface area contributed by atoms with Gasteiger partial charge in [0, 0.05) is 22.5 Å². The molecule has 3 aromatic carbocycles. The fourth-order valence-electron chi connectivity index (χ4n) is 4.01. The Bertz CT molecular complexity index is 1580. The summed E-state index contributed by atoms with van der Waals surface area (Å²) in [5.41, 5.74) is 2.32. The molecule has 4 aromatic rings. The first kappa shape index (κ1) is 27.0. The van der Waals surface area contributed by atoms with Crippen LogP contribution in [-0.2, 0) is 13.0 Å². The van der Waals surface area contributed by atoms with Crippen molar-refractivity contribution in [2.75, 3.05) is 6.61 Å². The van der Waals surface area contributed by atoms with Crippen LogP contribution in [0.3, 0.4) is 0 Å². The SMILES string of the molecule is CCCc1nc2ccc(Br)cc2c(=O)n1N=Cc1cc(OCC)c(OCc2cccc(C)c2)c([N+](=O)[O-])c1. The minimum absolute atomic E-state index is 0.0385. The maximum atomic E-state index is 13.3. The van der Waals surface area contributed by atoms with Gasteiger partial charge in [-0.3, -0.25) is 14.9 Å².